The van der Waals surface area contributed by atoms with Crippen LogP contribution in [0.3, 0.4) is 0 Å². The Morgan fingerprint density at radius 3 is 2.77 bits per heavy atom. The van der Waals surface area contributed by atoms with E-state index >= 15 is 0 Å². The Balaban J connectivity index is 1.61. The van der Waals surface area contributed by atoms with E-state index < -0.39 is 0 Å². The van der Waals surface area contributed by atoms with Crippen molar-refractivity contribution in [1.82, 2.24) is 10.5 Å². The van der Waals surface area contributed by atoms with Crippen molar-refractivity contribution >= 4 is 17.4 Å². The van der Waals surface area contributed by atoms with E-state index in [2.05, 4.69) is 40.1 Å². The molecule has 0 saturated heterocycles. The normalized spacial score (nSPS) is 19.2. The maximum atomic E-state index is 5.23. The Morgan fingerprint density at radius 2 is 1.95 bits per heavy atom. The van der Waals surface area contributed by atoms with Crippen molar-refractivity contribution < 1.29 is 4.52 Å². The molecule has 5 heteroatoms. The fourth-order valence-corrected chi connectivity index (χ4v) is 3.43. The van der Waals surface area contributed by atoms with Crippen LogP contribution >= 0.6 is 0 Å². The lowest BCUT2D eigenvalue weighted by molar-refractivity contribution is 0.390. The molecular weight excluding hydrogens is 276 g/mol. The molecule has 2 N–H and O–H groups in total. The quantitative estimate of drug-likeness (QED) is 0.888. The zero-order valence-corrected chi connectivity index (χ0v) is 12.5. The standard InChI is InChI=1S/C17H20N4O/c1-3-7-13(8-4-1)11-18-16-17(9-5-2-6-10-17)21-14-12-19-22-15(14)20-16/h1,3-4,7-8,12,21H,2,5-6,9-11H2,(H,18,20). The number of aliphatic imine (C=N–C) groups is 1. The van der Waals surface area contributed by atoms with E-state index in [1.54, 1.807) is 6.20 Å². The lowest BCUT2D eigenvalue weighted by atomic mass is 9.79. The SMILES string of the molecule is c1ccc(CNC2=Nc3oncc3NC23CCCCC3)cc1. The fourth-order valence-electron chi connectivity index (χ4n) is 3.43. The minimum atomic E-state index is -0.0917. The van der Waals surface area contributed by atoms with Gasteiger partial charge in [-0.25, -0.2) is 0 Å². The molecule has 2 aliphatic rings. The molecule has 0 radical (unpaired) electrons. The first-order valence-corrected chi connectivity index (χ1v) is 7.96. The average Bonchev–Trinajstić information content (AvgIpc) is 3.01. The number of anilines is 1. The molecule has 5 nitrogen and oxygen atoms in total. The maximum absolute atomic E-state index is 5.23. The van der Waals surface area contributed by atoms with Crippen LogP contribution < -0.4 is 10.6 Å². The second kappa shape index (κ2) is 5.48. The van der Waals surface area contributed by atoms with Gasteiger partial charge in [0, 0.05) is 6.54 Å². The number of amidine groups is 1. The first-order valence-electron chi connectivity index (χ1n) is 7.96. The van der Waals surface area contributed by atoms with E-state index in [0.717, 1.165) is 30.9 Å². The number of rotatable bonds is 2. The van der Waals surface area contributed by atoms with E-state index in [1.165, 1.54) is 24.8 Å². The Morgan fingerprint density at radius 1 is 1.14 bits per heavy atom. The Labute approximate surface area is 129 Å². The summed E-state index contributed by atoms with van der Waals surface area (Å²) >= 11 is 0. The van der Waals surface area contributed by atoms with Crippen molar-refractivity contribution in [3.63, 3.8) is 0 Å². The Hall–Kier alpha value is -2.30. The van der Waals surface area contributed by atoms with Gasteiger partial charge in [0.2, 0.25) is 0 Å². The molecule has 1 aromatic heterocycles. The summed E-state index contributed by atoms with van der Waals surface area (Å²) in [6.07, 6.45) is 7.66. The van der Waals surface area contributed by atoms with Crippen molar-refractivity contribution in [2.45, 2.75) is 44.2 Å². The van der Waals surface area contributed by atoms with E-state index in [9.17, 15) is 0 Å². The second-order valence-electron chi connectivity index (χ2n) is 6.11. The monoisotopic (exact) mass is 296 g/mol. The molecule has 0 bridgehead atoms. The van der Waals surface area contributed by atoms with Gasteiger partial charge < -0.3 is 15.2 Å². The lowest BCUT2D eigenvalue weighted by Gasteiger charge is -2.41. The van der Waals surface area contributed by atoms with Crippen LogP contribution in [0.1, 0.15) is 37.7 Å². The Bertz CT molecular complexity index is 671. The van der Waals surface area contributed by atoms with E-state index in [0.29, 0.717) is 5.88 Å². The summed E-state index contributed by atoms with van der Waals surface area (Å²) in [4.78, 5) is 4.71. The lowest BCUT2D eigenvalue weighted by Crippen LogP contribution is -2.54. The zero-order chi connectivity index (χ0) is 14.8. The summed E-state index contributed by atoms with van der Waals surface area (Å²) in [6.45, 7) is 0.770. The highest BCUT2D eigenvalue weighted by Gasteiger charge is 2.41. The number of aromatic nitrogens is 1. The summed E-state index contributed by atoms with van der Waals surface area (Å²) < 4.78 is 5.23. The van der Waals surface area contributed by atoms with Gasteiger partial charge >= 0.3 is 0 Å². The van der Waals surface area contributed by atoms with Crippen molar-refractivity contribution in [2.75, 3.05) is 5.32 Å². The largest absolute Gasteiger partial charge is 0.367 e. The van der Waals surface area contributed by atoms with Crippen LogP contribution in [0.15, 0.2) is 46.0 Å². The third-order valence-electron chi connectivity index (χ3n) is 4.60. The van der Waals surface area contributed by atoms with Crippen LogP contribution in [-0.4, -0.2) is 16.5 Å². The van der Waals surface area contributed by atoms with Crippen molar-refractivity contribution in [1.29, 1.82) is 0 Å². The summed E-state index contributed by atoms with van der Waals surface area (Å²) in [7, 11) is 0. The molecule has 1 aliphatic heterocycles. The third kappa shape index (κ3) is 2.36. The third-order valence-corrected chi connectivity index (χ3v) is 4.60. The number of hydrogen-bond donors (Lipinski definition) is 2. The first kappa shape index (κ1) is 13.4. The van der Waals surface area contributed by atoms with E-state index in [1.807, 2.05) is 6.07 Å². The predicted octanol–water partition coefficient (Wildman–Crippen LogP) is 3.62. The van der Waals surface area contributed by atoms with Crippen LogP contribution in [0, 0.1) is 0 Å². The summed E-state index contributed by atoms with van der Waals surface area (Å²) in [5.74, 6) is 1.56. The van der Waals surface area contributed by atoms with Crippen LogP contribution in [0.4, 0.5) is 11.6 Å². The van der Waals surface area contributed by atoms with Gasteiger partial charge in [-0.05, 0) is 18.4 Å². The van der Waals surface area contributed by atoms with Gasteiger partial charge in [-0.1, -0.05) is 54.8 Å². The van der Waals surface area contributed by atoms with Gasteiger partial charge in [-0.2, -0.15) is 4.99 Å². The molecule has 0 atom stereocenters. The van der Waals surface area contributed by atoms with Crippen molar-refractivity contribution in [3.05, 3.63) is 42.1 Å². The Kier molecular flexibility index (Phi) is 3.33. The van der Waals surface area contributed by atoms with Gasteiger partial charge in [0.05, 0.1) is 11.7 Å². The van der Waals surface area contributed by atoms with Crippen LogP contribution in [0.5, 0.6) is 0 Å². The van der Waals surface area contributed by atoms with Gasteiger partial charge in [0.25, 0.3) is 5.88 Å². The maximum Gasteiger partial charge on any atom is 0.275 e. The van der Waals surface area contributed by atoms with E-state index in [4.69, 9.17) is 9.52 Å². The minimum Gasteiger partial charge on any atom is -0.367 e. The predicted molar refractivity (Wildman–Crippen MR) is 86.3 cm³/mol. The van der Waals surface area contributed by atoms with Crippen molar-refractivity contribution in [2.24, 2.45) is 4.99 Å². The van der Waals surface area contributed by atoms with Gasteiger partial charge in [0.15, 0.2) is 0 Å². The first-order chi connectivity index (χ1) is 10.9. The molecule has 1 aliphatic carbocycles. The molecule has 0 unspecified atom stereocenters. The van der Waals surface area contributed by atoms with Gasteiger partial charge in [-0.15, -0.1) is 0 Å². The number of benzene rings is 1. The minimum absolute atomic E-state index is 0.0917. The number of nitrogens with zero attached hydrogens (tertiary/aromatic N) is 2. The molecule has 4 rings (SSSR count). The topological polar surface area (TPSA) is 62.5 Å². The zero-order valence-electron chi connectivity index (χ0n) is 12.5. The van der Waals surface area contributed by atoms with Crippen molar-refractivity contribution in [3.8, 4) is 0 Å². The fraction of sp³-hybridized carbons (Fsp3) is 0.412. The molecule has 1 aromatic carbocycles. The smallest absolute Gasteiger partial charge is 0.275 e. The number of hydrogen-bond acceptors (Lipinski definition) is 5. The molecule has 114 valence electrons. The summed E-state index contributed by atoms with van der Waals surface area (Å²) in [5.41, 5.74) is 2.07. The van der Waals surface area contributed by atoms with Crippen LogP contribution in [0.2, 0.25) is 0 Å². The molecule has 1 fully saturated rings. The highest BCUT2D eigenvalue weighted by Crippen LogP contribution is 2.40. The second-order valence-corrected chi connectivity index (χ2v) is 6.11. The highest BCUT2D eigenvalue weighted by molar-refractivity contribution is 5.99. The number of fused-ring (bicyclic) bond motifs is 1. The summed E-state index contributed by atoms with van der Waals surface area (Å²) in [5, 5.41) is 11.0. The van der Waals surface area contributed by atoms with Crippen LogP contribution in [-0.2, 0) is 6.54 Å². The molecule has 0 amide bonds. The molecule has 2 heterocycles. The molecule has 22 heavy (non-hydrogen) atoms. The van der Waals surface area contributed by atoms with Crippen LogP contribution in [0.25, 0.3) is 0 Å². The average molecular weight is 296 g/mol. The molecule has 1 spiro atoms. The highest BCUT2D eigenvalue weighted by atomic mass is 16.5. The number of nitrogens with one attached hydrogen (secondary N) is 2. The van der Waals surface area contributed by atoms with E-state index in [-0.39, 0.29) is 5.54 Å². The molecule has 1 saturated carbocycles. The summed E-state index contributed by atoms with van der Waals surface area (Å²) in [6, 6.07) is 10.4. The molecule has 2 aromatic rings. The van der Waals surface area contributed by atoms with Gasteiger partial charge in [0.1, 0.15) is 11.5 Å². The van der Waals surface area contributed by atoms with Gasteiger partial charge in [-0.3, -0.25) is 0 Å². The molecular formula is C17H20N4O.